The molecule has 3 rings (SSSR count). The summed E-state index contributed by atoms with van der Waals surface area (Å²) < 4.78 is 16.6. The molecule has 1 aromatic carbocycles. The van der Waals surface area contributed by atoms with Gasteiger partial charge in [0.2, 0.25) is 0 Å². The highest BCUT2D eigenvalue weighted by Gasteiger charge is 2.23. The molecule has 0 aromatic heterocycles. The van der Waals surface area contributed by atoms with Crippen molar-refractivity contribution in [3.8, 4) is 11.5 Å². The number of morpholine rings is 1. The van der Waals surface area contributed by atoms with Gasteiger partial charge < -0.3 is 24.8 Å². The molecule has 1 saturated heterocycles. The molecule has 5 nitrogen and oxygen atoms in total. The van der Waals surface area contributed by atoms with Gasteiger partial charge >= 0.3 is 0 Å². The van der Waals surface area contributed by atoms with Gasteiger partial charge in [-0.2, -0.15) is 0 Å². The Kier molecular flexibility index (Phi) is 2.68. The maximum absolute atomic E-state index is 5.89. The van der Waals surface area contributed by atoms with Crippen molar-refractivity contribution in [3.05, 3.63) is 12.1 Å². The minimum absolute atomic E-state index is 0.559. The zero-order chi connectivity index (χ0) is 11.7. The van der Waals surface area contributed by atoms with Crippen molar-refractivity contribution < 1.29 is 14.2 Å². The first-order valence-electron chi connectivity index (χ1n) is 5.87. The molecular formula is C12H16N2O3. The topological polar surface area (TPSA) is 57.0 Å². The molecule has 0 spiro atoms. The Bertz CT molecular complexity index is 416. The lowest BCUT2D eigenvalue weighted by molar-refractivity contribution is 0.121. The van der Waals surface area contributed by atoms with Gasteiger partial charge in [-0.3, -0.25) is 0 Å². The first kappa shape index (κ1) is 10.5. The number of anilines is 2. The van der Waals surface area contributed by atoms with Crippen molar-refractivity contribution in [2.24, 2.45) is 0 Å². The number of hydrogen-bond donors (Lipinski definition) is 1. The fourth-order valence-electron chi connectivity index (χ4n) is 2.20. The normalized spacial score (nSPS) is 19.2. The third-order valence-electron chi connectivity index (χ3n) is 3.05. The van der Waals surface area contributed by atoms with E-state index in [1.54, 1.807) is 0 Å². The summed E-state index contributed by atoms with van der Waals surface area (Å²) in [5, 5.41) is 0. The van der Waals surface area contributed by atoms with Crippen LogP contribution in [0.25, 0.3) is 0 Å². The third kappa shape index (κ3) is 1.86. The van der Waals surface area contributed by atoms with Crippen LogP contribution in [0.4, 0.5) is 11.4 Å². The Morgan fingerprint density at radius 1 is 0.941 bits per heavy atom. The Labute approximate surface area is 100 Å². The number of fused-ring (bicyclic) bond motifs is 1. The minimum Gasteiger partial charge on any atom is -0.484 e. The molecule has 0 amide bonds. The van der Waals surface area contributed by atoms with E-state index in [9.17, 15) is 0 Å². The Morgan fingerprint density at radius 3 is 2.41 bits per heavy atom. The number of hydrogen-bond acceptors (Lipinski definition) is 5. The van der Waals surface area contributed by atoms with Crippen molar-refractivity contribution in [3.63, 3.8) is 0 Å². The van der Waals surface area contributed by atoms with Gasteiger partial charge in [0.1, 0.15) is 13.2 Å². The number of nitrogen functional groups attached to an aromatic ring is 1. The summed E-state index contributed by atoms with van der Waals surface area (Å²) in [6, 6.07) is 3.87. The largest absolute Gasteiger partial charge is 0.484 e. The van der Waals surface area contributed by atoms with E-state index < -0.39 is 0 Å². The van der Waals surface area contributed by atoms with Gasteiger partial charge in [-0.05, 0) is 12.1 Å². The SMILES string of the molecule is Nc1ccc(N2CCOCC2)c2c1OCCO2. The smallest absolute Gasteiger partial charge is 0.186 e. The van der Waals surface area contributed by atoms with E-state index in [1.165, 1.54) is 0 Å². The van der Waals surface area contributed by atoms with Crippen LogP contribution in [-0.2, 0) is 4.74 Å². The Balaban J connectivity index is 1.98. The van der Waals surface area contributed by atoms with Crippen molar-refractivity contribution in [2.45, 2.75) is 0 Å². The highest BCUT2D eigenvalue weighted by Crippen LogP contribution is 2.43. The van der Waals surface area contributed by atoms with Gasteiger partial charge in [0.05, 0.1) is 24.6 Å². The highest BCUT2D eigenvalue weighted by molar-refractivity contribution is 5.73. The van der Waals surface area contributed by atoms with Gasteiger partial charge in [-0.15, -0.1) is 0 Å². The first-order valence-corrected chi connectivity index (χ1v) is 5.87. The number of nitrogens with zero attached hydrogens (tertiary/aromatic N) is 1. The van der Waals surface area contributed by atoms with Crippen LogP contribution in [-0.4, -0.2) is 39.5 Å². The molecule has 2 N–H and O–H groups in total. The standard InChI is InChI=1S/C12H16N2O3/c13-9-1-2-10(14-3-5-15-6-4-14)12-11(9)16-7-8-17-12/h1-2H,3-8,13H2. The fourth-order valence-corrected chi connectivity index (χ4v) is 2.20. The summed E-state index contributed by atoms with van der Waals surface area (Å²) in [7, 11) is 0. The molecular weight excluding hydrogens is 220 g/mol. The van der Waals surface area contributed by atoms with Crippen LogP contribution in [0.3, 0.4) is 0 Å². The predicted octanol–water partition coefficient (Wildman–Crippen LogP) is 0.877. The second-order valence-electron chi connectivity index (χ2n) is 4.13. The van der Waals surface area contributed by atoms with E-state index >= 15 is 0 Å². The summed E-state index contributed by atoms with van der Waals surface area (Å²) in [4.78, 5) is 2.25. The number of nitrogens with two attached hydrogens (primary N) is 1. The minimum atomic E-state index is 0.559. The lowest BCUT2D eigenvalue weighted by atomic mass is 10.2. The van der Waals surface area contributed by atoms with Gasteiger partial charge in [-0.1, -0.05) is 0 Å². The van der Waals surface area contributed by atoms with Gasteiger partial charge in [0, 0.05) is 13.1 Å². The summed E-state index contributed by atoms with van der Waals surface area (Å²) in [5.41, 5.74) is 7.58. The molecule has 2 aliphatic heterocycles. The van der Waals surface area contributed by atoms with Crippen molar-refractivity contribution in [1.82, 2.24) is 0 Å². The number of rotatable bonds is 1. The van der Waals surface area contributed by atoms with Crippen molar-refractivity contribution in [2.75, 3.05) is 50.2 Å². The van der Waals surface area contributed by atoms with Crippen molar-refractivity contribution >= 4 is 11.4 Å². The zero-order valence-electron chi connectivity index (χ0n) is 9.65. The molecule has 0 unspecified atom stereocenters. The predicted molar refractivity (Wildman–Crippen MR) is 64.9 cm³/mol. The van der Waals surface area contributed by atoms with E-state index in [0.29, 0.717) is 24.7 Å². The Morgan fingerprint density at radius 2 is 1.65 bits per heavy atom. The summed E-state index contributed by atoms with van der Waals surface area (Å²) in [6.45, 7) is 4.39. The molecule has 2 aliphatic rings. The molecule has 0 aliphatic carbocycles. The second kappa shape index (κ2) is 4.33. The van der Waals surface area contributed by atoms with Crippen LogP contribution in [0.15, 0.2) is 12.1 Å². The van der Waals surface area contributed by atoms with E-state index in [0.717, 1.165) is 37.7 Å². The quantitative estimate of drug-likeness (QED) is 0.733. The summed E-state index contributed by atoms with van der Waals surface area (Å²) in [5.74, 6) is 1.46. The average Bonchev–Trinajstić information content (AvgIpc) is 2.41. The maximum atomic E-state index is 5.89. The molecule has 17 heavy (non-hydrogen) atoms. The molecule has 92 valence electrons. The second-order valence-corrected chi connectivity index (χ2v) is 4.13. The molecule has 0 saturated carbocycles. The third-order valence-corrected chi connectivity index (χ3v) is 3.05. The van der Waals surface area contributed by atoms with Crippen LogP contribution in [0.1, 0.15) is 0 Å². The van der Waals surface area contributed by atoms with Gasteiger partial charge in [-0.25, -0.2) is 0 Å². The average molecular weight is 236 g/mol. The Hall–Kier alpha value is -1.62. The van der Waals surface area contributed by atoms with E-state index in [1.807, 2.05) is 12.1 Å². The lowest BCUT2D eigenvalue weighted by Gasteiger charge is -2.32. The molecule has 1 aromatic rings. The zero-order valence-corrected chi connectivity index (χ0v) is 9.65. The van der Waals surface area contributed by atoms with E-state index in [2.05, 4.69) is 4.90 Å². The van der Waals surface area contributed by atoms with Crippen LogP contribution in [0, 0.1) is 0 Å². The van der Waals surface area contributed by atoms with E-state index in [4.69, 9.17) is 19.9 Å². The van der Waals surface area contributed by atoms with Crippen molar-refractivity contribution in [1.29, 1.82) is 0 Å². The highest BCUT2D eigenvalue weighted by atomic mass is 16.6. The molecule has 5 heteroatoms. The number of benzene rings is 1. The van der Waals surface area contributed by atoms with Crippen LogP contribution in [0.5, 0.6) is 11.5 Å². The van der Waals surface area contributed by atoms with Crippen LogP contribution >= 0.6 is 0 Å². The van der Waals surface area contributed by atoms with Gasteiger partial charge in [0.25, 0.3) is 0 Å². The van der Waals surface area contributed by atoms with E-state index in [-0.39, 0.29) is 0 Å². The molecule has 0 atom stereocenters. The summed E-state index contributed by atoms with van der Waals surface area (Å²) >= 11 is 0. The summed E-state index contributed by atoms with van der Waals surface area (Å²) in [6.07, 6.45) is 0. The first-order chi connectivity index (χ1) is 8.36. The molecule has 0 radical (unpaired) electrons. The van der Waals surface area contributed by atoms with Gasteiger partial charge in [0.15, 0.2) is 11.5 Å². The lowest BCUT2D eigenvalue weighted by Crippen LogP contribution is -2.36. The molecule has 0 bridgehead atoms. The monoisotopic (exact) mass is 236 g/mol. The molecule has 2 heterocycles. The maximum Gasteiger partial charge on any atom is 0.186 e. The molecule has 1 fully saturated rings. The van der Waals surface area contributed by atoms with Crippen LogP contribution < -0.4 is 20.1 Å². The fraction of sp³-hybridized carbons (Fsp3) is 0.500. The number of ether oxygens (including phenoxy) is 3. The van der Waals surface area contributed by atoms with Crippen LogP contribution in [0.2, 0.25) is 0 Å².